The molecule has 1 unspecified atom stereocenters. The molecular weight excluding hydrogens is 304 g/mol. The van der Waals surface area contributed by atoms with Crippen LogP contribution in [0.1, 0.15) is 29.2 Å². The Balaban J connectivity index is 2.02. The Morgan fingerprint density at radius 2 is 2.14 bits per heavy atom. The van der Waals surface area contributed by atoms with E-state index in [1.165, 1.54) is 10.7 Å². The Morgan fingerprint density at radius 1 is 1.33 bits per heavy atom. The summed E-state index contributed by atoms with van der Waals surface area (Å²) in [4.78, 5) is 0. The van der Waals surface area contributed by atoms with Crippen LogP contribution in [0.5, 0.6) is 0 Å². The summed E-state index contributed by atoms with van der Waals surface area (Å²) in [5.74, 6) is 0. The minimum absolute atomic E-state index is 0.255. The Kier molecular flexibility index (Phi) is 3.59. The van der Waals surface area contributed by atoms with E-state index >= 15 is 0 Å². The third-order valence-corrected chi connectivity index (χ3v) is 5.19. The van der Waals surface area contributed by atoms with Crippen LogP contribution in [0.3, 0.4) is 0 Å². The van der Waals surface area contributed by atoms with Gasteiger partial charge in [-0.25, -0.2) is 8.42 Å². The Labute approximate surface area is 128 Å². The molecule has 0 radical (unpaired) electrons. The number of thiophene rings is 1. The molecule has 1 aliphatic heterocycles. The van der Waals surface area contributed by atoms with Gasteiger partial charge in [-0.2, -0.15) is 20.9 Å². The van der Waals surface area contributed by atoms with E-state index < -0.39 is 10.0 Å². The summed E-state index contributed by atoms with van der Waals surface area (Å²) in [5.41, 5.74) is 3.93. The Hall–Kier alpha value is -1.66. The van der Waals surface area contributed by atoms with Crippen LogP contribution in [-0.4, -0.2) is 24.8 Å². The average molecular weight is 320 g/mol. The fourth-order valence-electron chi connectivity index (χ4n) is 2.52. The van der Waals surface area contributed by atoms with E-state index in [1.807, 2.05) is 48.0 Å². The van der Waals surface area contributed by atoms with Crippen LogP contribution >= 0.6 is 11.3 Å². The largest absolute Gasteiger partial charge is 0.247 e. The molecule has 21 heavy (non-hydrogen) atoms. The van der Waals surface area contributed by atoms with E-state index in [9.17, 15) is 8.42 Å². The molecule has 0 N–H and O–H groups in total. The molecule has 2 aromatic rings. The molecule has 0 saturated carbocycles. The molecule has 1 aliphatic rings. The average Bonchev–Trinajstić information content (AvgIpc) is 3.07. The summed E-state index contributed by atoms with van der Waals surface area (Å²) >= 11 is 1.59. The van der Waals surface area contributed by atoms with E-state index in [2.05, 4.69) is 5.10 Å². The molecule has 1 aromatic carbocycles. The SMILES string of the molecule is Cc1cccc(C2CC(c3ccsc3)=NN2S(C)(=O)=O)c1. The molecule has 0 fully saturated rings. The van der Waals surface area contributed by atoms with Crippen LogP contribution in [0.2, 0.25) is 0 Å². The maximum absolute atomic E-state index is 12.0. The first kappa shape index (κ1) is 14.3. The quantitative estimate of drug-likeness (QED) is 0.872. The van der Waals surface area contributed by atoms with E-state index in [1.54, 1.807) is 11.3 Å². The fraction of sp³-hybridized carbons (Fsp3) is 0.267. The zero-order chi connectivity index (χ0) is 15.0. The predicted octanol–water partition coefficient (Wildman–Crippen LogP) is 3.17. The van der Waals surface area contributed by atoms with Crippen molar-refractivity contribution in [2.45, 2.75) is 19.4 Å². The first-order chi connectivity index (χ1) is 9.95. The van der Waals surface area contributed by atoms with Crippen LogP contribution in [-0.2, 0) is 10.0 Å². The molecule has 3 rings (SSSR count). The highest BCUT2D eigenvalue weighted by atomic mass is 32.2. The van der Waals surface area contributed by atoms with Gasteiger partial charge in [-0.15, -0.1) is 0 Å². The van der Waals surface area contributed by atoms with Gasteiger partial charge in [0, 0.05) is 12.0 Å². The second-order valence-corrected chi connectivity index (χ2v) is 7.85. The lowest BCUT2D eigenvalue weighted by Gasteiger charge is -2.21. The number of hydrogen-bond donors (Lipinski definition) is 0. The van der Waals surface area contributed by atoms with Gasteiger partial charge in [-0.1, -0.05) is 29.8 Å². The van der Waals surface area contributed by atoms with E-state index in [0.29, 0.717) is 6.42 Å². The van der Waals surface area contributed by atoms with Crippen molar-refractivity contribution in [3.63, 3.8) is 0 Å². The summed E-state index contributed by atoms with van der Waals surface area (Å²) in [6.07, 6.45) is 1.81. The van der Waals surface area contributed by atoms with E-state index in [4.69, 9.17) is 0 Å². The van der Waals surface area contributed by atoms with Crippen molar-refractivity contribution in [2.24, 2.45) is 5.10 Å². The normalized spacial score (nSPS) is 18.9. The number of hydrazone groups is 1. The number of rotatable bonds is 3. The van der Waals surface area contributed by atoms with E-state index in [0.717, 1.165) is 22.4 Å². The molecule has 6 heteroatoms. The minimum Gasteiger partial charge on any atom is -0.205 e. The smallest absolute Gasteiger partial charge is 0.205 e. The molecule has 0 bridgehead atoms. The molecule has 4 nitrogen and oxygen atoms in total. The molecule has 1 atom stereocenters. The first-order valence-electron chi connectivity index (χ1n) is 6.61. The van der Waals surface area contributed by atoms with Crippen molar-refractivity contribution in [3.05, 3.63) is 57.8 Å². The molecule has 2 heterocycles. The molecule has 0 amide bonds. The molecule has 0 saturated heterocycles. The summed E-state index contributed by atoms with van der Waals surface area (Å²) in [7, 11) is -3.39. The van der Waals surface area contributed by atoms with Crippen LogP contribution < -0.4 is 0 Å². The third kappa shape index (κ3) is 2.87. The maximum Gasteiger partial charge on any atom is 0.247 e. The second-order valence-electron chi connectivity index (χ2n) is 5.23. The summed E-state index contributed by atoms with van der Waals surface area (Å²) in [6.45, 7) is 2.00. The highest BCUT2D eigenvalue weighted by Crippen LogP contribution is 2.35. The molecule has 110 valence electrons. The van der Waals surface area contributed by atoms with Crippen LogP contribution in [0.25, 0.3) is 0 Å². The van der Waals surface area contributed by atoms with Gasteiger partial charge in [0.15, 0.2) is 0 Å². The Bertz CT molecular complexity index is 780. The lowest BCUT2D eigenvalue weighted by atomic mass is 9.99. The lowest BCUT2D eigenvalue weighted by Crippen LogP contribution is -2.25. The molecule has 0 aliphatic carbocycles. The van der Waals surface area contributed by atoms with Crippen molar-refractivity contribution in [3.8, 4) is 0 Å². The molecule has 1 aromatic heterocycles. The summed E-state index contributed by atoms with van der Waals surface area (Å²) in [6, 6.07) is 9.66. The summed E-state index contributed by atoms with van der Waals surface area (Å²) < 4.78 is 25.3. The van der Waals surface area contributed by atoms with Gasteiger partial charge < -0.3 is 0 Å². The Morgan fingerprint density at radius 3 is 2.76 bits per heavy atom. The number of sulfonamides is 1. The molecular formula is C15H16N2O2S2. The first-order valence-corrected chi connectivity index (χ1v) is 9.40. The number of hydrogen-bond acceptors (Lipinski definition) is 4. The van der Waals surface area contributed by atoms with Gasteiger partial charge >= 0.3 is 0 Å². The topological polar surface area (TPSA) is 49.7 Å². The van der Waals surface area contributed by atoms with Gasteiger partial charge in [-0.3, -0.25) is 0 Å². The second kappa shape index (κ2) is 5.27. The minimum atomic E-state index is -3.39. The fourth-order valence-corrected chi connectivity index (χ4v) is 4.09. The van der Waals surface area contributed by atoms with Crippen molar-refractivity contribution in [1.29, 1.82) is 0 Å². The van der Waals surface area contributed by atoms with Gasteiger partial charge in [0.2, 0.25) is 10.0 Å². The van der Waals surface area contributed by atoms with Crippen LogP contribution in [0.15, 0.2) is 46.2 Å². The van der Waals surface area contributed by atoms with Crippen molar-refractivity contribution in [1.82, 2.24) is 4.41 Å². The third-order valence-electron chi connectivity index (χ3n) is 3.49. The van der Waals surface area contributed by atoms with Gasteiger partial charge in [0.25, 0.3) is 0 Å². The van der Waals surface area contributed by atoms with Crippen LogP contribution in [0.4, 0.5) is 0 Å². The van der Waals surface area contributed by atoms with Crippen molar-refractivity contribution < 1.29 is 8.42 Å². The highest BCUT2D eigenvalue weighted by Gasteiger charge is 2.34. The number of nitrogens with zero attached hydrogens (tertiary/aromatic N) is 2. The monoisotopic (exact) mass is 320 g/mol. The van der Waals surface area contributed by atoms with Gasteiger partial charge in [-0.05, 0) is 29.3 Å². The zero-order valence-electron chi connectivity index (χ0n) is 11.9. The highest BCUT2D eigenvalue weighted by molar-refractivity contribution is 7.88. The predicted molar refractivity (Wildman–Crippen MR) is 86.1 cm³/mol. The van der Waals surface area contributed by atoms with Gasteiger partial charge in [0.1, 0.15) is 0 Å². The van der Waals surface area contributed by atoms with E-state index in [-0.39, 0.29) is 6.04 Å². The number of benzene rings is 1. The zero-order valence-corrected chi connectivity index (χ0v) is 13.5. The van der Waals surface area contributed by atoms with Crippen molar-refractivity contribution >= 4 is 27.1 Å². The van der Waals surface area contributed by atoms with Crippen LogP contribution in [0, 0.1) is 6.92 Å². The van der Waals surface area contributed by atoms with Crippen molar-refractivity contribution in [2.75, 3.05) is 6.26 Å². The standard InChI is InChI=1S/C15H16N2O2S2/c1-11-4-3-5-12(8-11)15-9-14(13-6-7-20-10-13)16-17(15)21(2,18)19/h3-8,10,15H,9H2,1-2H3. The maximum atomic E-state index is 12.0. The number of aryl methyl sites for hydroxylation is 1. The summed E-state index contributed by atoms with van der Waals surface area (Å²) in [5, 5.41) is 8.33. The molecule has 0 spiro atoms. The van der Waals surface area contributed by atoms with Gasteiger partial charge in [0.05, 0.1) is 18.0 Å². The lowest BCUT2D eigenvalue weighted by molar-refractivity contribution is 0.374.